The van der Waals surface area contributed by atoms with Gasteiger partial charge in [0, 0.05) is 6.42 Å². The molecule has 1 aromatic rings. The largest absolute Gasteiger partial charge is 0.494 e. The lowest BCUT2D eigenvalue weighted by Gasteiger charge is -2.05. The van der Waals surface area contributed by atoms with Crippen molar-refractivity contribution in [3.05, 3.63) is 30.3 Å². The molecule has 0 saturated heterocycles. The average molecular weight is 269 g/mol. The quantitative estimate of drug-likeness (QED) is 0.774. The Kier molecular flexibility index (Phi) is 17.1. The summed E-state index contributed by atoms with van der Waals surface area (Å²) in [6, 6.07) is 9.55. The van der Waals surface area contributed by atoms with Crippen molar-refractivity contribution in [2.45, 2.75) is 34.1 Å². The first-order chi connectivity index (χ1) is 9.29. The maximum atomic E-state index is 10.3. The van der Waals surface area contributed by atoms with Gasteiger partial charge in [0.1, 0.15) is 12.4 Å². The Morgan fingerprint density at radius 3 is 2.16 bits per heavy atom. The second kappa shape index (κ2) is 16.4. The molecule has 0 unspecified atom stereocenters. The Hall–Kier alpha value is -1.55. The molecule has 2 N–H and O–H groups in total. The molecule has 19 heavy (non-hydrogen) atoms. The maximum absolute atomic E-state index is 10.3. The van der Waals surface area contributed by atoms with Crippen molar-refractivity contribution in [2.75, 3.05) is 19.8 Å². The molecule has 0 aliphatic heterocycles. The number of amides is 1. The summed E-state index contributed by atoms with van der Waals surface area (Å²) in [4.78, 5) is 10.3. The number of para-hydroxylation sites is 1. The minimum Gasteiger partial charge on any atom is -0.494 e. The molecule has 1 rings (SSSR count). The van der Waals surface area contributed by atoms with E-state index in [1.54, 1.807) is 0 Å². The van der Waals surface area contributed by atoms with E-state index in [1.165, 1.54) is 0 Å². The van der Waals surface area contributed by atoms with Crippen LogP contribution in [0.1, 0.15) is 34.1 Å². The molecule has 0 bridgehead atoms. The van der Waals surface area contributed by atoms with Crippen LogP contribution < -0.4 is 10.5 Å². The zero-order valence-electron chi connectivity index (χ0n) is 12.5. The van der Waals surface area contributed by atoms with Gasteiger partial charge >= 0.3 is 0 Å². The number of hydrogen-bond acceptors (Lipinski definition) is 3. The van der Waals surface area contributed by atoms with E-state index >= 15 is 0 Å². The molecule has 0 spiro atoms. The third-order valence-electron chi connectivity index (χ3n) is 1.69. The van der Waals surface area contributed by atoms with Crippen molar-refractivity contribution in [3.8, 4) is 5.75 Å². The van der Waals surface area contributed by atoms with Crippen molar-refractivity contribution < 1.29 is 14.3 Å². The number of nitrogens with two attached hydrogens (primary N) is 1. The maximum Gasteiger partial charge on any atom is 0.243 e. The molecule has 0 aromatic heterocycles. The van der Waals surface area contributed by atoms with E-state index in [1.807, 2.05) is 58.0 Å². The topological polar surface area (TPSA) is 61.6 Å². The zero-order chi connectivity index (χ0) is 14.9. The summed E-state index contributed by atoms with van der Waals surface area (Å²) in [6.45, 7) is 9.03. The Labute approximate surface area is 116 Å². The molecule has 0 radical (unpaired) electrons. The van der Waals surface area contributed by atoms with Crippen LogP contribution in [-0.4, -0.2) is 25.7 Å². The van der Waals surface area contributed by atoms with E-state index in [4.69, 9.17) is 15.2 Å². The summed E-state index contributed by atoms with van der Waals surface area (Å²) >= 11 is 0. The van der Waals surface area contributed by atoms with Crippen molar-refractivity contribution in [2.24, 2.45) is 5.73 Å². The summed E-state index contributed by atoms with van der Waals surface area (Å²) in [5, 5.41) is 0. The number of carbonyl (C=O) groups excluding carboxylic acids is 1. The van der Waals surface area contributed by atoms with Gasteiger partial charge in [-0.3, -0.25) is 4.79 Å². The number of carbonyl (C=O) groups is 1. The van der Waals surface area contributed by atoms with Crippen LogP contribution in [0.2, 0.25) is 0 Å². The second-order valence-electron chi connectivity index (χ2n) is 3.03. The number of primary amides is 1. The normalized spacial score (nSPS) is 8.42. The van der Waals surface area contributed by atoms with E-state index in [-0.39, 0.29) is 6.61 Å². The molecule has 1 aromatic carbocycles. The SMILES string of the molecule is CC.CC.NC(=O)COCCCOc1ccccc1. The van der Waals surface area contributed by atoms with Gasteiger partial charge in [-0.15, -0.1) is 0 Å². The highest BCUT2D eigenvalue weighted by molar-refractivity contribution is 5.74. The van der Waals surface area contributed by atoms with E-state index in [2.05, 4.69) is 0 Å². The van der Waals surface area contributed by atoms with Crippen LogP contribution in [0, 0.1) is 0 Å². The molecule has 4 nitrogen and oxygen atoms in total. The highest BCUT2D eigenvalue weighted by Crippen LogP contribution is 2.08. The Morgan fingerprint density at radius 2 is 1.63 bits per heavy atom. The predicted octanol–water partition coefficient (Wildman–Crippen LogP) is 3.01. The standard InChI is InChI=1S/C11H15NO3.2C2H6/c12-11(13)9-14-7-4-8-15-10-5-2-1-3-6-10;2*1-2/h1-3,5-6H,4,7-9H2,(H2,12,13);2*1-2H3. The minimum atomic E-state index is -0.445. The molecule has 0 fully saturated rings. The van der Waals surface area contributed by atoms with Gasteiger partial charge in [0.25, 0.3) is 0 Å². The van der Waals surface area contributed by atoms with Crippen molar-refractivity contribution in [3.63, 3.8) is 0 Å². The first-order valence-electron chi connectivity index (χ1n) is 6.83. The molecule has 0 heterocycles. The van der Waals surface area contributed by atoms with Crippen molar-refractivity contribution in [1.29, 1.82) is 0 Å². The first kappa shape index (κ1) is 19.8. The Morgan fingerprint density at radius 1 is 1.05 bits per heavy atom. The summed E-state index contributed by atoms with van der Waals surface area (Å²) in [5.74, 6) is 0.395. The molecule has 110 valence electrons. The van der Waals surface area contributed by atoms with E-state index in [0.29, 0.717) is 13.2 Å². The molecule has 0 aliphatic rings. The van der Waals surface area contributed by atoms with Gasteiger partial charge in [0.15, 0.2) is 0 Å². The summed E-state index contributed by atoms with van der Waals surface area (Å²) in [7, 11) is 0. The smallest absolute Gasteiger partial charge is 0.243 e. The molecule has 1 amide bonds. The van der Waals surface area contributed by atoms with Crippen molar-refractivity contribution in [1.82, 2.24) is 0 Å². The summed E-state index contributed by atoms with van der Waals surface area (Å²) < 4.78 is 10.4. The third kappa shape index (κ3) is 14.4. The van der Waals surface area contributed by atoms with Crippen molar-refractivity contribution >= 4 is 5.91 Å². The summed E-state index contributed by atoms with van der Waals surface area (Å²) in [5.41, 5.74) is 4.90. The lowest BCUT2D eigenvalue weighted by molar-refractivity contribution is -0.122. The lowest BCUT2D eigenvalue weighted by atomic mass is 10.3. The molecular weight excluding hydrogens is 242 g/mol. The Balaban J connectivity index is 0. The highest BCUT2D eigenvalue weighted by Gasteiger charge is 1.94. The fourth-order valence-electron chi connectivity index (χ4n) is 1.04. The molecule has 0 atom stereocenters. The number of rotatable bonds is 7. The van der Waals surface area contributed by atoms with Gasteiger partial charge in [-0.25, -0.2) is 0 Å². The molecule has 0 aliphatic carbocycles. The monoisotopic (exact) mass is 269 g/mol. The van der Waals surface area contributed by atoms with Gasteiger partial charge in [-0.1, -0.05) is 45.9 Å². The average Bonchev–Trinajstić information content (AvgIpc) is 2.48. The fourth-order valence-corrected chi connectivity index (χ4v) is 1.04. The van der Waals surface area contributed by atoms with Crippen LogP contribution in [0.15, 0.2) is 30.3 Å². The van der Waals surface area contributed by atoms with Gasteiger partial charge in [0.2, 0.25) is 5.91 Å². The van der Waals surface area contributed by atoms with Gasteiger partial charge < -0.3 is 15.2 Å². The van der Waals surface area contributed by atoms with Gasteiger partial charge in [-0.2, -0.15) is 0 Å². The molecule has 4 heteroatoms. The number of hydrogen-bond donors (Lipinski definition) is 1. The van der Waals surface area contributed by atoms with E-state index in [0.717, 1.165) is 12.2 Å². The lowest BCUT2D eigenvalue weighted by Crippen LogP contribution is -2.18. The highest BCUT2D eigenvalue weighted by atomic mass is 16.5. The minimum absolute atomic E-state index is 0.0225. The first-order valence-corrected chi connectivity index (χ1v) is 6.83. The summed E-state index contributed by atoms with van der Waals surface area (Å²) in [6.07, 6.45) is 0.738. The Bertz CT molecular complexity index is 289. The second-order valence-corrected chi connectivity index (χ2v) is 3.03. The van der Waals surface area contributed by atoms with E-state index < -0.39 is 5.91 Å². The van der Waals surface area contributed by atoms with E-state index in [9.17, 15) is 4.79 Å². The van der Waals surface area contributed by atoms with Crippen LogP contribution in [0.5, 0.6) is 5.75 Å². The van der Waals surface area contributed by atoms with Crippen LogP contribution >= 0.6 is 0 Å². The zero-order valence-corrected chi connectivity index (χ0v) is 12.5. The van der Waals surface area contributed by atoms with Gasteiger partial charge in [0.05, 0.1) is 13.2 Å². The van der Waals surface area contributed by atoms with Crippen LogP contribution in [0.3, 0.4) is 0 Å². The number of benzene rings is 1. The fraction of sp³-hybridized carbons (Fsp3) is 0.533. The number of ether oxygens (including phenoxy) is 2. The molecule has 0 saturated carbocycles. The van der Waals surface area contributed by atoms with Crippen LogP contribution in [0.4, 0.5) is 0 Å². The van der Waals surface area contributed by atoms with Crippen LogP contribution in [-0.2, 0) is 9.53 Å². The predicted molar refractivity (Wildman–Crippen MR) is 79.3 cm³/mol. The third-order valence-corrected chi connectivity index (χ3v) is 1.69. The molecular formula is C15H27NO3. The van der Waals surface area contributed by atoms with Crippen LogP contribution in [0.25, 0.3) is 0 Å². The van der Waals surface area contributed by atoms with Gasteiger partial charge in [-0.05, 0) is 12.1 Å².